The third-order valence-electron chi connectivity index (χ3n) is 9.42. The lowest BCUT2D eigenvalue weighted by Gasteiger charge is -2.36. The maximum atomic E-state index is 12.4. The van der Waals surface area contributed by atoms with Gasteiger partial charge < -0.3 is 51.5 Å². The van der Waals surface area contributed by atoms with Gasteiger partial charge in [-0.25, -0.2) is 0 Å². The number of hydrogen-bond donors (Lipinski definition) is 1. The number of aliphatic hydroxyl groups excluding tert-OH is 1. The van der Waals surface area contributed by atoms with Crippen LogP contribution in [0.15, 0.2) is 68.4 Å². The molecule has 0 saturated heterocycles. The molecule has 17 heteroatoms. The summed E-state index contributed by atoms with van der Waals surface area (Å²) < 4.78 is 58.0. The van der Waals surface area contributed by atoms with Crippen molar-refractivity contribution < 1.29 is 65.9 Å². The van der Waals surface area contributed by atoms with Crippen LogP contribution in [0.3, 0.4) is 0 Å². The van der Waals surface area contributed by atoms with Gasteiger partial charge >= 0.3 is 17.9 Å². The number of esters is 3. The molecule has 0 aliphatic heterocycles. The Labute approximate surface area is 379 Å². The zero-order valence-corrected chi connectivity index (χ0v) is 39.3. The van der Waals surface area contributed by atoms with E-state index in [1.807, 2.05) is 64.1 Å². The molecule has 0 aliphatic rings. The third kappa shape index (κ3) is 25.4. The van der Waals surface area contributed by atoms with Crippen LogP contribution in [0.5, 0.6) is 0 Å². The van der Waals surface area contributed by atoms with Crippen molar-refractivity contribution in [3.8, 4) is 0 Å². The van der Waals surface area contributed by atoms with Gasteiger partial charge in [0.15, 0.2) is 0 Å². The summed E-state index contributed by atoms with van der Waals surface area (Å²) in [6.45, 7) is 9.10. The van der Waals surface area contributed by atoms with Crippen molar-refractivity contribution in [2.75, 3.05) is 70.1 Å². The van der Waals surface area contributed by atoms with Gasteiger partial charge in [-0.1, -0.05) is 0 Å². The van der Waals surface area contributed by atoms with E-state index in [0.717, 1.165) is 17.3 Å². The van der Waals surface area contributed by atoms with Gasteiger partial charge in [0, 0.05) is 43.1 Å². The number of ether oxygens (including phenoxy) is 7. The molecule has 0 aliphatic carbocycles. The van der Waals surface area contributed by atoms with Gasteiger partial charge in [-0.3, -0.25) is 14.4 Å². The lowest BCUT2D eigenvalue weighted by atomic mass is 9.91. The predicted molar refractivity (Wildman–Crippen MR) is 241 cm³/mol. The fourth-order valence-electron chi connectivity index (χ4n) is 5.44. The number of thioether (sulfide) groups is 3. The van der Waals surface area contributed by atoms with Gasteiger partial charge in [0.1, 0.15) is 17.3 Å². The molecule has 0 spiro atoms. The second kappa shape index (κ2) is 32.7. The van der Waals surface area contributed by atoms with E-state index in [1.165, 1.54) is 0 Å². The molecule has 0 fully saturated rings. The average Bonchev–Trinajstić information content (AvgIpc) is 4.08. The fourth-order valence-corrected chi connectivity index (χ4v) is 7.91. The molecule has 1 N–H and O–H groups in total. The number of carbonyl (C=O) groups is 3. The molecule has 0 saturated carbocycles. The molecule has 0 radical (unpaired) electrons. The van der Waals surface area contributed by atoms with E-state index >= 15 is 0 Å². The summed E-state index contributed by atoms with van der Waals surface area (Å²) in [5, 5.41) is 9.58. The zero-order chi connectivity index (χ0) is 44.7. The summed E-state index contributed by atoms with van der Waals surface area (Å²) in [6, 6.07) is 11.2. The first-order valence-electron chi connectivity index (χ1n) is 21.4. The number of carbonyl (C=O) groups excluding carboxylic acids is 3. The fraction of sp³-hybridized carbons (Fsp3) is 0.667. The average molecular weight is 929 g/mol. The van der Waals surface area contributed by atoms with Crippen LogP contribution in [0, 0.1) is 5.41 Å². The maximum Gasteiger partial charge on any atom is 0.306 e. The zero-order valence-electron chi connectivity index (χ0n) is 36.8. The van der Waals surface area contributed by atoms with Gasteiger partial charge in [-0.2, -0.15) is 35.3 Å². The van der Waals surface area contributed by atoms with Crippen molar-refractivity contribution >= 4 is 53.2 Å². The van der Waals surface area contributed by atoms with Crippen molar-refractivity contribution in [2.45, 2.75) is 114 Å². The molecule has 4 unspecified atom stereocenters. The van der Waals surface area contributed by atoms with E-state index < -0.39 is 5.41 Å². The summed E-state index contributed by atoms with van der Waals surface area (Å²) in [7, 11) is 0. The number of rotatable bonds is 38. The molecule has 3 rings (SSSR count). The summed E-state index contributed by atoms with van der Waals surface area (Å²) in [4.78, 5) is 37.2. The Bertz CT molecular complexity index is 1380. The van der Waals surface area contributed by atoms with Crippen LogP contribution in [0.4, 0.5) is 0 Å². The Kier molecular flexibility index (Phi) is 28.2. The van der Waals surface area contributed by atoms with Crippen molar-refractivity contribution in [3.05, 3.63) is 72.5 Å². The van der Waals surface area contributed by atoms with Crippen LogP contribution in [0.1, 0.15) is 89.9 Å². The molecule has 0 amide bonds. The quantitative estimate of drug-likeness (QED) is 0.0328. The van der Waals surface area contributed by atoms with Gasteiger partial charge in [-0.15, -0.1) is 0 Å². The molecule has 3 heterocycles. The lowest BCUT2D eigenvalue weighted by molar-refractivity contribution is -0.152. The Balaban J connectivity index is 1.51. The second-order valence-corrected chi connectivity index (χ2v) is 18.5. The largest absolute Gasteiger partial charge is 0.468 e. The van der Waals surface area contributed by atoms with Crippen molar-refractivity contribution in [3.63, 3.8) is 0 Å². The molecule has 62 heavy (non-hydrogen) atoms. The third-order valence-corrected chi connectivity index (χ3v) is 12.4. The van der Waals surface area contributed by atoms with Crippen LogP contribution in [-0.2, 0) is 64.8 Å². The maximum absolute atomic E-state index is 12.4. The van der Waals surface area contributed by atoms with Crippen molar-refractivity contribution in [2.24, 2.45) is 5.41 Å². The number of aliphatic hydroxyl groups is 1. The molecule has 3 aromatic heterocycles. The molecule has 14 nitrogen and oxygen atoms in total. The Morgan fingerprint density at radius 2 is 0.839 bits per heavy atom. The topological polar surface area (TPSA) is 175 Å². The highest BCUT2D eigenvalue weighted by Gasteiger charge is 2.35. The van der Waals surface area contributed by atoms with Gasteiger partial charge in [0.25, 0.3) is 0 Å². The SMILES string of the molecule is CC(CCO)OCC(COC(C)CCOC(=O)CCSCc1ccco1)(COC(C)CCOC(=O)CCSCc1ccco1)COC(C)CCOC(=O)CCSCc1ccco1. The van der Waals surface area contributed by atoms with E-state index in [4.69, 9.17) is 46.4 Å². The van der Waals surface area contributed by atoms with E-state index in [-0.39, 0.29) is 95.2 Å². The summed E-state index contributed by atoms with van der Waals surface area (Å²) >= 11 is 4.83. The van der Waals surface area contributed by atoms with Gasteiger partial charge in [-0.05, 0) is 70.5 Å². The van der Waals surface area contributed by atoms with E-state index in [0.29, 0.717) is 79.5 Å². The Morgan fingerprint density at radius 3 is 1.11 bits per heavy atom. The standard InChI is InChI=1S/C45H68O14S3/c1-35(11-18-46)56-31-45(32-57-36(2)12-22-53-42(47)15-25-60-28-39-8-5-19-50-39,33-58-37(3)13-23-54-43(48)16-26-61-29-40-9-6-20-51-40)34-59-38(4)14-24-55-44(49)17-27-62-30-41-10-7-21-52-41/h5-10,19-21,35-38,46H,11-18,22-34H2,1-4H3. The highest BCUT2D eigenvalue weighted by Crippen LogP contribution is 2.26. The number of furan rings is 3. The van der Waals surface area contributed by atoms with Crippen LogP contribution < -0.4 is 0 Å². The minimum absolute atomic E-state index is 0.0209. The van der Waals surface area contributed by atoms with E-state index in [9.17, 15) is 19.5 Å². The molecule has 0 aromatic carbocycles. The van der Waals surface area contributed by atoms with Crippen molar-refractivity contribution in [1.29, 1.82) is 0 Å². The monoisotopic (exact) mass is 928 g/mol. The smallest absolute Gasteiger partial charge is 0.306 e. The van der Waals surface area contributed by atoms with Crippen LogP contribution in [0.2, 0.25) is 0 Å². The Hall–Kier alpha value is -2.90. The summed E-state index contributed by atoms with van der Waals surface area (Å²) in [5.74, 6) is 5.78. The predicted octanol–water partition coefficient (Wildman–Crippen LogP) is 8.53. The molecule has 350 valence electrons. The van der Waals surface area contributed by atoms with Crippen molar-refractivity contribution in [1.82, 2.24) is 0 Å². The molecule has 3 aromatic rings. The normalized spacial score (nSPS) is 14.5. The van der Waals surface area contributed by atoms with Gasteiger partial charge in [0.2, 0.25) is 0 Å². The highest BCUT2D eigenvalue weighted by atomic mass is 32.2. The lowest BCUT2D eigenvalue weighted by Crippen LogP contribution is -2.45. The minimum Gasteiger partial charge on any atom is -0.468 e. The van der Waals surface area contributed by atoms with Crippen LogP contribution in [0.25, 0.3) is 0 Å². The first-order valence-corrected chi connectivity index (χ1v) is 24.9. The van der Waals surface area contributed by atoms with Crippen LogP contribution in [-0.4, -0.2) is 118 Å². The Morgan fingerprint density at radius 1 is 0.532 bits per heavy atom. The second-order valence-electron chi connectivity index (χ2n) is 15.2. The van der Waals surface area contributed by atoms with E-state index in [1.54, 1.807) is 54.1 Å². The summed E-state index contributed by atoms with van der Waals surface area (Å²) in [6.07, 6.45) is 6.65. The first kappa shape index (κ1) is 53.4. The highest BCUT2D eigenvalue weighted by molar-refractivity contribution is 7.98. The summed E-state index contributed by atoms with van der Waals surface area (Å²) in [5.41, 5.74) is -0.786. The van der Waals surface area contributed by atoms with E-state index in [2.05, 4.69) is 0 Å². The minimum atomic E-state index is -0.786. The number of hydrogen-bond acceptors (Lipinski definition) is 17. The molecule has 4 atom stereocenters. The van der Waals surface area contributed by atoms with Gasteiger partial charge in [0.05, 0.1) is 131 Å². The molecular weight excluding hydrogens is 861 g/mol. The molecule has 0 bridgehead atoms. The molecular formula is C45H68O14S3. The first-order chi connectivity index (χ1) is 30.1. The van der Waals surface area contributed by atoms with Crippen LogP contribution >= 0.6 is 35.3 Å².